The van der Waals surface area contributed by atoms with Gasteiger partial charge in [-0.3, -0.25) is 4.79 Å². The Morgan fingerprint density at radius 2 is 1.72 bits per heavy atom. The third-order valence-electron chi connectivity index (χ3n) is 6.73. The average molecular weight is 433 g/mol. The Hall–Kier alpha value is -2.88. The van der Waals surface area contributed by atoms with Crippen molar-refractivity contribution in [3.8, 4) is 0 Å². The zero-order valence-electron chi connectivity index (χ0n) is 18.9. The first-order chi connectivity index (χ1) is 15.7. The fraction of sp³-hybridized carbons (Fsp3) is 0.393. The van der Waals surface area contributed by atoms with Gasteiger partial charge in [-0.15, -0.1) is 0 Å². The number of rotatable bonds is 8. The number of carbonyl (C=O) groups is 1. The van der Waals surface area contributed by atoms with Gasteiger partial charge in [0.25, 0.3) is 0 Å². The third kappa shape index (κ3) is 5.29. The molecule has 1 saturated carbocycles. The summed E-state index contributed by atoms with van der Waals surface area (Å²) in [6.45, 7) is 3.39. The molecule has 1 unspecified atom stereocenters. The molecule has 1 atom stereocenters. The van der Waals surface area contributed by atoms with E-state index in [1.807, 2.05) is 36.4 Å². The molecule has 4 heteroatoms. The van der Waals surface area contributed by atoms with Crippen molar-refractivity contribution in [3.63, 3.8) is 0 Å². The molecule has 0 bridgehead atoms. The summed E-state index contributed by atoms with van der Waals surface area (Å²) >= 11 is 0. The minimum absolute atomic E-state index is 0.112. The second kappa shape index (κ2) is 10.6. The number of hydrogen-bond donors (Lipinski definition) is 0. The SMILES string of the molecule is CCC(C(=O)N(Cc1cccn1Cc1ccc(F)cc1)C1CCCCC1)c1ccccc1. The standard InChI is InChI=1S/C28H33FN2O/c1-2-27(23-10-5-3-6-11-23)28(32)31(25-12-7-4-8-13-25)21-26-14-9-19-30(26)20-22-15-17-24(29)18-16-22/h3,5-6,9-11,14-19,25,27H,2,4,7-8,12-13,20-21H2,1H3. The van der Waals surface area contributed by atoms with E-state index in [2.05, 4.69) is 40.8 Å². The van der Waals surface area contributed by atoms with Gasteiger partial charge in [0.2, 0.25) is 5.91 Å². The molecule has 1 aliphatic carbocycles. The van der Waals surface area contributed by atoms with E-state index in [0.717, 1.165) is 36.1 Å². The smallest absolute Gasteiger partial charge is 0.230 e. The molecule has 1 amide bonds. The number of benzene rings is 2. The molecule has 32 heavy (non-hydrogen) atoms. The van der Waals surface area contributed by atoms with Crippen LogP contribution >= 0.6 is 0 Å². The van der Waals surface area contributed by atoms with Gasteiger partial charge in [0.1, 0.15) is 5.82 Å². The summed E-state index contributed by atoms with van der Waals surface area (Å²) in [5.74, 6) is -0.0964. The van der Waals surface area contributed by atoms with Crippen LogP contribution in [0, 0.1) is 5.82 Å². The minimum Gasteiger partial charge on any atom is -0.345 e. The molecule has 0 radical (unpaired) electrons. The fourth-order valence-electron chi connectivity index (χ4n) is 4.93. The van der Waals surface area contributed by atoms with E-state index in [0.29, 0.717) is 19.1 Å². The van der Waals surface area contributed by atoms with Crippen LogP contribution in [0.4, 0.5) is 4.39 Å². The van der Waals surface area contributed by atoms with Crippen LogP contribution in [0.1, 0.15) is 68.2 Å². The summed E-state index contributed by atoms with van der Waals surface area (Å²) in [5, 5.41) is 0. The van der Waals surface area contributed by atoms with Crippen molar-refractivity contribution in [3.05, 3.63) is 95.6 Å². The van der Waals surface area contributed by atoms with Crippen LogP contribution < -0.4 is 0 Å². The monoisotopic (exact) mass is 432 g/mol. The van der Waals surface area contributed by atoms with Crippen molar-refractivity contribution in [2.24, 2.45) is 0 Å². The Balaban J connectivity index is 1.58. The number of nitrogens with zero attached hydrogens (tertiary/aromatic N) is 2. The number of aromatic nitrogens is 1. The predicted octanol–water partition coefficient (Wildman–Crippen LogP) is 6.53. The van der Waals surface area contributed by atoms with Gasteiger partial charge in [0.15, 0.2) is 0 Å². The minimum atomic E-state index is -0.220. The quantitative estimate of drug-likeness (QED) is 0.397. The van der Waals surface area contributed by atoms with Crippen molar-refractivity contribution in [2.75, 3.05) is 0 Å². The summed E-state index contributed by atoms with van der Waals surface area (Å²) in [4.78, 5) is 16.0. The molecule has 2 aromatic carbocycles. The van der Waals surface area contributed by atoms with E-state index in [1.165, 1.54) is 31.4 Å². The summed E-state index contributed by atoms with van der Waals surface area (Å²) in [6, 6.07) is 21.3. The summed E-state index contributed by atoms with van der Waals surface area (Å²) in [5.41, 5.74) is 3.27. The highest BCUT2D eigenvalue weighted by Crippen LogP contribution is 2.30. The number of hydrogen-bond acceptors (Lipinski definition) is 1. The largest absolute Gasteiger partial charge is 0.345 e. The van der Waals surface area contributed by atoms with Crippen LogP contribution in [0.5, 0.6) is 0 Å². The average Bonchev–Trinajstić information content (AvgIpc) is 3.27. The van der Waals surface area contributed by atoms with Crippen LogP contribution in [0.3, 0.4) is 0 Å². The lowest BCUT2D eigenvalue weighted by atomic mass is 9.90. The van der Waals surface area contributed by atoms with Gasteiger partial charge in [0.05, 0.1) is 12.5 Å². The summed E-state index contributed by atoms with van der Waals surface area (Å²) < 4.78 is 15.5. The Morgan fingerprint density at radius 3 is 2.41 bits per heavy atom. The van der Waals surface area contributed by atoms with E-state index in [9.17, 15) is 9.18 Å². The fourth-order valence-corrected chi connectivity index (χ4v) is 4.93. The zero-order valence-corrected chi connectivity index (χ0v) is 18.9. The van der Waals surface area contributed by atoms with Gasteiger partial charge in [-0.2, -0.15) is 0 Å². The molecule has 1 fully saturated rings. The van der Waals surface area contributed by atoms with Gasteiger partial charge in [-0.05, 0) is 54.7 Å². The van der Waals surface area contributed by atoms with Crippen molar-refractivity contribution in [1.29, 1.82) is 0 Å². The highest BCUT2D eigenvalue weighted by Gasteiger charge is 2.31. The normalized spacial score (nSPS) is 15.4. The molecular formula is C28H33FN2O. The van der Waals surface area contributed by atoms with Gasteiger partial charge in [-0.1, -0.05) is 68.7 Å². The molecule has 1 aliphatic rings. The molecular weight excluding hydrogens is 399 g/mol. The second-order valence-electron chi connectivity index (χ2n) is 8.88. The van der Waals surface area contributed by atoms with E-state index in [1.54, 1.807) is 0 Å². The van der Waals surface area contributed by atoms with Gasteiger partial charge in [0, 0.05) is 24.5 Å². The Bertz CT molecular complexity index is 990. The first kappa shape index (κ1) is 22.3. The van der Waals surface area contributed by atoms with Gasteiger partial charge < -0.3 is 9.47 Å². The maximum atomic E-state index is 13.9. The second-order valence-corrected chi connectivity index (χ2v) is 8.88. The van der Waals surface area contributed by atoms with Crippen molar-refractivity contribution in [2.45, 2.75) is 70.5 Å². The van der Waals surface area contributed by atoms with E-state index in [-0.39, 0.29) is 17.6 Å². The third-order valence-corrected chi connectivity index (χ3v) is 6.73. The molecule has 3 nitrogen and oxygen atoms in total. The van der Waals surface area contributed by atoms with E-state index < -0.39 is 0 Å². The number of amides is 1. The molecule has 168 valence electrons. The molecule has 4 rings (SSSR count). The predicted molar refractivity (Wildman–Crippen MR) is 127 cm³/mol. The molecule has 1 heterocycles. The first-order valence-corrected chi connectivity index (χ1v) is 11.9. The lowest BCUT2D eigenvalue weighted by Gasteiger charge is -2.37. The highest BCUT2D eigenvalue weighted by molar-refractivity contribution is 5.84. The number of halogens is 1. The van der Waals surface area contributed by atoms with Gasteiger partial charge >= 0.3 is 0 Å². The van der Waals surface area contributed by atoms with Crippen molar-refractivity contribution >= 4 is 5.91 Å². The van der Waals surface area contributed by atoms with Crippen molar-refractivity contribution in [1.82, 2.24) is 9.47 Å². The van der Waals surface area contributed by atoms with E-state index in [4.69, 9.17) is 0 Å². The molecule has 3 aromatic rings. The molecule has 1 aromatic heterocycles. The Labute approximate surface area is 190 Å². The molecule has 0 spiro atoms. The summed E-state index contributed by atoms with van der Waals surface area (Å²) in [6.07, 6.45) is 8.64. The summed E-state index contributed by atoms with van der Waals surface area (Å²) in [7, 11) is 0. The maximum Gasteiger partial charge on any atom is 0.230 e. The topological polar surface area (TPSA) is 25.2 Å². The molecule has 0 N–H and O–H groups in total. The van der Waals surface area contributed by atoms with Crippen LogP contribution in [0.2, 0.25) is 0 Å². The van der Waals surface area contributed by atoms with Crippen molar-refractivity contribution < 1.29 is 9.18 Å². The highest BCUT2D eigenvalue weighted by atomic mass is 19.1. The Morgan fingerprint density at radius 1 is 1.00 bits per heavy atom. The van der Waals surface area contributed by atoms with E-state index >= 15 is 0 Å². The maximum absolute atomic E-state index is 13.9. The van der Waals surface area contributed by atoms with Gasteiger partial charge in [-0.25, -0.2) is 4.39 Å². The zero-order chi connectivity index (χ0) is 22.3. The van der Waals surface area contributed by atoms with Crippen LogP contribution in [-0.4, -0.2) is 21.4 Å². The first-order valence-electron chi connectivity index (χ1n) is 11.9. The van der Waals surface area contributed by atoms with Crippen LogP contribution in [0.15, 0.2) is 72.9 Å². The molecule has 0 saturated heterocycles. The Kier molecular flexibility index (Phi) is 7.41. The molecule has 0 aliphatic heterocycles. The van der Waals surface area contributed by atoms with Crippen LogP contribution in [0.25, 0.3) is 0 Å². The lowest BCUT2D eigenvalue weighted by molar-refractivity contribution is -0.136. The lowest BCUT2D eigenvalue weighted by Crippen LogP contribution is -2.43. The number of carbonyl (C=O) groups excluding carboxylic acids is 1. The van der Waals surface area contributed by atoms with Crippen LogP contribution in [-0.2, 0) is 17.9 Å².